The second kappa shape index (κ2) is 6.34. The zero-order valence-electron chi connectivity index (χ0n) is 12.6. The van der Waals surface area contributed by atoms with Crippen LogP contribution in [0.3, 0.4) is 0 Å². The third kappa shape index (κ3) is 3.15. The predicted molar refractivity (Wildman–Crippen MR) is 81.4 cm³/mol. The lowest BCUT2D eigenvalue weighted by Gasteiger charge is -2.32. The van der Waals surface area contributed by atoms with Gasteiger partial charge in [-0.3, -0.25) is 4.79 Å². The number of nitrogens with zero attached hydrogens (tertiary/aromatic N) is 1. The summed E-state index contributed by atoms with van der Waals surface area (Å²) in [4.78, 5) is 14.6. The zero-order chi connectivity index (χ0) is 15.7. The average molecular weight is 306 g/mol. The van der Waals surface area contributed by atoms with Crippen molar-refractivity contribution in [3.63, 3.8) is 0 Å². The molecule has 2 atom stereocenters. The number of aliphatic hydroxyl groups is 1. The normalized spacial score (nSPS) is 32.2. The van der Waals surface area contributed by atoms with E-state index in [0.717, 1.165) is 31.2 Å². The van der Waals surface area contributed by atoms with Crippen LogP contribution in [0.25, 0.3) is 0 Å². The van der Waals surface area contributed by atoms with Crippen molar-refractivity contribution in [2.75, 3.05) is 6.54 Å². The molecule has 1 aliphatic carbocycles. The number of halogens is 1. The molecule has 2 aliphatic rings. The van der Waals surface area contributed by atoms with Crippen LogP contribution in [0.5, 0.6) is 0 Å². The highest BCUT2D eigenvalue weighted by Gasteiger charge is 2.38. The summed E-state index contributed by atoms with van der Waals surface area (Å²) in [5.41, 5.74) is 6.79. The van der Waals surface area contributed by atoms with Crippen LogP contribution in [-0.2, 0) is 4.79 Å². The summed E-state index contributed by atoms with van der Waals surface area (Å²) < 4.78 is 13.1. The first-order valence-corrected chi connectivity index (χ1v) is 8.04. The summed E-state index contributed by atoms with van der Waals surface area (Å²) in [5.74, 6) is -0.174. The van der Waals surface area contributed by atoms with Gasteiger partial charge in [0, 0.05) is 18.5 Å². The fourth-order valence-electron chi connectivity index (χ4n) is 3.66. The summed E-state index contributed by atoms with van der Waals surface area (Å²) in [6.45, 7) is 0.365. The van der Waals surface area contributed by atoms with E-state index in [2.05, 4.69) is 0 Å². The summed E-state index contributed by atoms with van der Waals surface area (Å²) in [5, 5.41) is 9.99. The molecule has 1 aliphatic heterocycles. The number of nitrogens with two attached hydrogens (primary N) is 1. The fourth-order valence-corrected chi connectivity index (χ4v) is 3.66. The molecule has 1 saturated carbocycles. The Morgan fingerprint density at radius 3 is 2.45 bits per heavy atom. The van der Waals surface area contributed by atoms with Gasteiger partial charge in [0.2, 0.25) is 5.91 Å². The van der Waals surface area contributed by atoms with E-state index in [-0.39, 0.29) is 29.7 Å². The highest BCUT2D eigenvalue weighted by atomic mass is 19.1. The van der Waals surface area contributed by atoms with E-state index in [4.69, 9.17) is 5.73 Å². The first kappa shape index (κ1) is 15.4. The van der Waals surface area contributed by atoms with Crippen LogP contribution < -0.4 is 5.73 Å². The Bertz CT molecular complexity index is 526. The minimum Gasteiger partial charge on any atom is -0.391 e. The van der Waals surface area contributed by atoms with Crippen LogP contribution in [-0.4, -0.2) is 34.6 Å². The van der Waals surface area contributed by atoms with Crippen LogP contribution >= 0.6 is 0 Å². The Balaban J connectivity index is 1.75. The highest BCUT2D eigenvalue weighted by molar-refractivity contribution is 5.80. The maximum Gasteiger partial charge on any atom is 0.226 e. The third-order valence-electron chi connectivity index (χ3n) is 4.94. The molecule has 3 N–H and O–H groups in total. The quantitative estimate of drug-likeness (QED) is 0.878. The van der Waals surface area contributed by atoms with E-state index in [0.29, 0.717) is 13.0 Å². The van der Waals surface area contributed by atoms with E-state index >= 15 is 0 Å². The number of benzene rings is 1. The molecule has 0 radical (unpaired) electrons. The molecule has 4 nitrogen and oxygen atoms in total. The van der Waals surface area contributed by atoms with Crippen molar-refractivity contribution in [1.29, 1.82) is 0 Å². The predicted octanol–water partition coefficient (Wildman–Crippen LogP) is 1.98. The van der Waals surface area contributed by atoms with Crippen LogP contribution in [0.15, 0.2) is 24.3 Å². The van der Waals surface area contributed by atoms with Gasteiger partial charge in [0.25, 0.3) is 0 Å². The molecule has 22 heavy (non-hydrogen) atoms. The van der Waals surface area contributed by atoms with Crippen molar-refractivity contribution in [1.82, 2.24) is 4.90 Å². The van der Waals surface area contributed by atoms with Crippen molar-refractivity contribution >= 4 is 5.91 Å². The van der Waals surface area contributed by atoms with Gasteiger partial charge in [-0.1, -0.05) is 12.1 Å². The van der Waals surface area contributed by atoms with E-state index in [1.54, 1.807) is 17.0 Å². The minimum atomic E-state index is -0.509. The standard InChI is InChI=1S/C17H23FN2O2/c18-13-5-1-11(2-6-13)16-9-15(21)10-20(16)17(22)12-3-7-14(19)8-4-12/h1-2,5-6,12,14-16,21H,3-4,7-10,19H2. The number of likely N-dealkylation sites (tertiary alicyclic amines) is 1. The molecule has 5 heteroatoms. The van der Waals surface area contributed by atoms with E-state index < -0.39 is 6.10 Å². The number of amides is 1. The molecule has 0 bridgehead atoms. The fraction of sp³-hybridized carbons (Fsp3) is 0.588. The van der Waals surface area contributed by atoms with E-state index in [1.165, 1.54) is 12.1 Å². The second-order valence-electron chi connectivity index (χ2n) is 6.56. The maximum atomic E-state index is 13.1. The molecule has 3 rings (SSSR count). The number of carbonyl (C=O) groups is 1. The van der Waals surface area contributed by atoms with Gasteiger partial charge in [0.15, 0.2) is 0 Å². The van der Waals surface area contributed by atoms with Gasteiger partial charge in [-0.15, -0.1) is 0 Å². The lowest BCUT2D eigenvalue weighted by Crippen LogP contribution is -2.39. The molecule has 1 heterocycles. The molecule has 2 unspecified atom stereocenters. The molecule has 1 saturated heterocycles. The van der Waals surface area contributed by atoms with Gasteiger partial charge in [-0.25, -0.2) is 4.39 Å². The third-order valence-corrected chi connectivity index (χ3v) is 4.94. The smallest absolute Gasteiger partial charge is 0.226 e. The Kier molecular flexibility index (Phi) is 4.45. The number of hydrogen-bond acceptors (Lipinski definition) is 3. The monoisotopic (exact) mass is 306 g/mol. The number of rotatable bonds is 2. The first-order valence-electron chi connectivity index (χ1n) is 8.04. The van der Waals surface area contributed by atoms with Gasteiger partial charge < -0.3 is 15.7 Å². The van der Waals surface area contributed by atoms with Crippen molar-refractivity contribution in [3.8, 4) is 0 Å². The second-order valence-corrected chi connectivity index (χ2v) is 6.56. The Morgan fingerprint density at radius 2 is 1.82 bits per heavy atom. The molecule has 2 fully saturated rings. The van der Waals surface area contributed by atoms with Crippen molar-refractivity contribution in [2.45, 2.75) is 50.3 Å². The van der Waals surface area contributed by atoms with Crippen LogP contribution in [0, 0.1) is 11.7 Å². The number of carbonyl (C=O) groups excluding carboxylic acids is 1. The summed E-state index contributed by atoms with van der Waals surface area (Å²) in [7, 11) is 0. The molecule has 1 aromatic carbocycles. The summed E-state index contributed by atoms with van der Waals surface area (Å²) in [6.07, 6.45) is 3.42. The maximum absolute atomic E-state index is 13.1. The molecule has 0 spiro atoms. The SMILES string of the molecule is NC1CCC(C(=O)N2CC(O)CC2c2ccc(F)cc2)CC1. The van der Waals surface area contributed by atoms with Gasteiger partial charge in [0.05, 0.1) is 12.1 Å². The van der Waals surface area contributed by atoms with Gasteiger partial charge in [-0.2, -0.15) is 0 Å². The molecule has 1 amide bonds. The molecule has 1 aromatic rings. The Labute approximate surface area is 130 Å². The van der Waals surface area contributed by atoms with Crippen molar-refractivity contribution in [2.24, 2.45) is 11.7 Å². The lowest BCUT2D eigenvalue weighted by atomic mass is 9.85. The topological polar surface area (TPSA) is 66.6 Å². The number of β-amino-alcohol motifs (C(OH)–C–C–N with tert-alkyl or cyclic N) is 1. The number of hydrogen-bond donors (Lipinski definition) is 2. The highest BCUT2D eigenvalue weighted by Crippen LogP contribution is 2.35. The van der Waals surface area contributed by atoms with E-state index in [9.17, 15) is 14.3 Å². The molecule has 0 aromatic heterocycles. The van der Waals surface area contributed by atoms with Crippen LogP contribution in [0.1, 0.15) is 43.7 Å². The van der Waals surface area contributed by atoms with Gasteiger partial charge in [-0.05, 0) is 49.8 Å². The van der Waals surface area contributed by atoms with Gasteiger partial charge in [0.1, 0.15) is 5.82 Å². The molecule has 120 valence electrons. The average Bonchev–Trinajstić information content (AvgIpc) is 2.90. The van der Waals surface area contributed by atoms with E-state index in [1.807, 2.05) is 0 Å². The Hall–Kier alpha value is -1.46. The largest absolute Gasteiger partial charge is 0.391 e. The lowest BCUT2D eigenvalue weighted by molar-refractivity contribution is -0.138. The summed E-state index contributed by atoms with van der Waals surface area (Å²) >= 11 is 0. The Morgan fingerprint density at radius 1 is 1.18 bits per heavy atom. The summed E-state index contributed by atoms with van der Waals surface area (Å²) in [6, 6.07) is 6.27. The van der Waals surface area contributed by atoms with Crippen LogP contribution in [0.2, 0.25) is 0 Å². The van der Waals surface area contributed by atoms with Crippen molar-refractivity contribution < 1.29 is 14.3 Å². The number of aliphatic hydroxyl groups excluding tert-OH is 1. The molecular formula is C17H23FN2O2. The first-order chi connectivity index (χ1) is 10.5. The zero-order valence-corrected chi connectivity index (χ0v) is 12.6. The van der Waals surface area contributed by atoms with Gasteiger partial charge >= 0.3 is 0 Å². The molecular weight excluding hydrogens is 283 g/mol. The minimum absolute atomic E-state index is 0.00745. The van der Waals surface area contributed by atoms with Crippen LogP contribution in [0.4, 0.5) is 4.39 Å². The van der Waals surface area contributed by atoms with Crippen molar-refractivity contribution in [3.05, 3.63) is 35.6 Å².